The minimum Gasteiger partial charge on any atom is -0.454 e. The van der Waals surface area contributed by atoms with Crippen LogP contribution in [0.3, 0.4) is 0 Å². The van der Waals surface area contributed by atoms with Gasteiger partial charge in [0, 0.05) is 5.56 Å². The summed E-state index contributed by atoms with van der Waals surface area (Å²) in [5.74, 6) is -1.96. The van der Waals surface area contributed by atoms with E-state index in [1.807, 2.05) is 0 Å². The summed E-state index contributed by atoms with van der Waals surface area (Å²) in [4.78, 5) is 23.3. The van der Waals surface area contributed by atoms with Crippen LogP contribution in [-0.4, -0.2) is 26.8 Å². The van der Waals surface area contributed by atoms with Crippen LogP contribution in [0.4, 0.5) is 4.39 Å². The highest BCUT2D eigenvalue weighted by Gasteiger charge is 2.18. The number of primary sulfonamides is 1. The molecule has 0 saturated heterocycles. The zero-order valence-electron chi connectivity index (χ0n) is 12.0. The first kappa shape index (κ1) is 18.1. The van der Waals surface area contributed by atoms with E-state index in [0.717, 1.165) is 18.2 Å². The molecule has 0 atom stereocenters. The van der Waals surface area contributed by atoms with Gasteiger partial charge in [-0.05, 0) is 42.5 Å². The number of halogens is 2. The Labute approximate surface area is 142 Å². The molecule has 0 spiro atoms. The molecule has 9 heteroatoms. The molecule has 0 heterocycles. The number of hydrogen-bond acceptors (Lipinski definition) is 5. The quantitative estimate of drug-likeness (QED) is 0.640. The second-order valence-corrected chi connectivity index (χ2v) is 6.63. The predicted octanol–water partition coefficient (Wildman–Crippen LogP) is 2.17. The zero-order valence-corrected chi connectivity index (χ0v) is 13.6. The molecule has 0 radical (unpaired) electrons. The van der Waals surface area contributed by atoms with Crippen LogP contribution < -0.4 is 5.14 Å². The Hall–Kier alpha value is -2.29. The van der Waals surface area contributed by atoms with Crippen molar-refractivity contribution in [3.63, 3.8) is 0 Å². The van der Waals surface area contributed by atoms with Crippen LogP contribution in [0.2, 0.25) is 5.02 Å². The number of ketones is 1. The third kappa shape index (κ3) is 4.38. The molecule has 6 nitrogen and oxygen atoms in total. The second kappa shape index (κ2) is 7.08. The van der Waals surface area contributed by atoms with Gasteiger partial charge in [0.2, 0.25) is 10.0 Å². The van der Waals surface area contributed by atoms with Crippen molar-refractivity contribution in [3.05, 3.63) is 64.4 Å². The first-order valence-corrected chi connectivity index (χ1v) is 8.39. The van der Waals surface area contributed by atoms with Gasteiger partial charge < -0.3 is 4.74 Å². The number of rotatable bonds is 5. The third-order valence-corrected chi connectivity index (χ3v) is 4.37. The Morgan fingerprint density at radius 3 is 2.25 bits per heavy atom. The summed E-state index contributed by atoms with van der Waals surface area (Å²) < 4.78 is 40.3. The topological polar surface area (TPSA) is 104 Å². The molecule has 2 rings (SSSR count). The normalized spacial score (nSPS) is 11.1. The van der Waals surface area contributed by atoms with Gasteiger partial charge in [-0.3, -0.25) is 4.79 Å². The van der Waals surface area contributed by atoms with Crippen molar-refractivity contribution in [1.82, 2.24) is 0 Å². The molecule has 2 aromatic carbocycles. The molecular weight excluding hydrogens is 361 g/mol. The van der Waals surface area contributed by atoms with Crippen molar-refractivity contribution in [1.29, 1.82) is 0 Å². The Morgan fingerprint density at radius 1 is 1.08 bits per heavy atom. The second-order valence-electron chi connectivity index (χ2n) is 4.70. The van der Waals surface area contributed by atoms with Crippen LogP contribution in [0.25, 0.3) is 0 Å². The number of nitrogens with two attached hydrogens (primary N) is 1. The molecule has 0 aliphatic rings. The highest BCUT2D eigenvalue weighted by atomic mass is 35.5. The summed E-state index contributed by atoms with van der Waals surface area (Å²) in [6, 6.07) is 8.10. The van der Waals surface area contributed by atoms with Crippen LogP contribution in [0.15, 0.2) is 47.4 Å². The largest absolute Gasteiger partial charge is 0.454 e. The van der Waals surface area contributed by atoms with E-state index in [-0.39, 0.29) is 16.1 Å². The van der Waals surface area contributed by atoms with Gasteiger partial charge in [-0.2, -0.15) is 0 Å². The molecule has 0 aliphatic heterocycles. The molecule has 0 bridgehead atoms. The summed E-state index contributed by atoms with van der Waals surface area (Å²) in [7, 11) is -4.11. The molecule has 0 fully saturated rings. The summed E-state index contributed by atoms with van der Waals surface area (Å²) in [5, 5.41) is 4.85. The van der Waals surface area contributed by atoms with Crippen LogP contribution in [-0.2, 0) is 14.8 Å². The smallest absolute Gasteiger partial charge is 0.338 e. The SMILES string of the molecule is NS(=O)(=O)c1cc(C(=O)OCC(=O)c2ccc(F)cc2)ccc1Cl. The zero-order chi connectivity index (χ0) is 17.9. The number of ether oxygens (including phenoxy) is 1. The van der Waals surface area contributed by atoms with E-state index in [1.54, 1.807) is 0 Å². The Kier molecular flexibility index (Phi) is 5.33. The number of sulfonamides is 1. The van der Waals surface area contributed by atoms with Crippen LogP contribution in [0.5, 0.6) is 0 Å². The number of esters is 1. The predicted molar refractivity (Wildman–Crippen MR) is 83.8 cm³/mol. The molecule has 0 amide bonds. The standard InChI is InChI=1S/C15H11ClFNO5S/c16-12-6-3-10(7-14(12)24(18,21)22)15(20)23-8-13(19)9-1-4-11(17)5-2-9/h1-7H,8H2,(H2,18,21,22). The van der Waals surface area contributed by atoms with Crippen LogP contribution in [0.1, 0.15) is 20.7 Å². The molecular formula is C15H11ClFNO5S. The van der Waals surface area contributed by atoms with Gasteiger partial charge in [0.15, 0.2) is 12.4 Å². The fraction of sp³-hybridized carbons (Fsp3) is 0.0667. The Balaban J connectivity index is 2.10. The van der Waals surface area contributed by atoms with Crippen molar-refractivity contribution in [2.45, 2.75) is 4.90 Å². The molecule has 2 N–H and O–H groups in total. The summed E-state index contributed by atoms with van der Waals surface area (Å²) in [6.07, 6.45) is 0. The van der Waals surface area contributed by atoms with Crippen molar-refractivity contribution < 1.29 is 27.1 Å². The van der Waals surface area contributed by atoms with E-state index < -0.39 is 39.1 Å². The number of carbonyl (C=O) groups excluding carboxylic acids is 2. The first-order chi connectivity index (χ1) is 11.2. The van der Waals surface area contributed by atoms with Gasteiger partial charge in [0.05, 0.1) is 10.6 Å². The third-order valence-electron chi connectivity index (χ3n) is 2.97. The van der Waals surface area contributed by atoms with Gasteiger partial charge in [-0.15, -0.1) is 0 Å². The maximum atomic E-state index is 12.8. The van der Waals surface area contributed by atoms with Crippen LogP contribution in [0, 0.1) is 5.82 Å². The van der Waals surface area contributed by atoms with Gasteiger partial charge >= 0.3 is 5.97 Å². The Bertz CT molecular complexity index is 897. The van der Waals surface area contributed by atoms with Crippen molar-refractivity contribution in [2.24, 2.45) is 5.14 Å². The molecule has 0 aliphatic carbocycles. The van der Waals surface area contributed by atoms with Gasteiger partial charge in [-0.1, -0.05) is 11.6 Å². The fourth-order valence-electron chi connectivity index (χ4n) is 1.78. The van der Waals surface area contributed by atoms with Crippen molar-refractivity contribution in [3.8, 4) is 0 Å². The first-order valence-electron chi connectivity index (χ1n) is 6.47. The lowest BCUT2D eigenvalue weighted by Crippen LogP contribution is -2.16. The molecule has 24 heavy (non-hydrogen) atoms. The minimum atomic E-state index is -4.11. The number of hydrogen-bond donors (Lipinski definition) is 1. The average Bonchev–Trinajstić information content (AvgIpc) is 2.52. The maximum absolute atomic E-state index is 12.8. The molecule has 2 aromatic rings. The van der Waals surface area contributed by atoms with Gasteiger partial charge in [-0.25, -0.2) is 22.7 Å². The molecule has 126 valence electrons. The Morgan fingerprint density at radius 2 is 1.67 bits per heavy atom. The molecule has 0 saturated carbocycles. The van der Waals surface area contributed by atoms with Crippen molar-refractivity contribution in [2.75, 3.05) is 6.61 Å². The lowest BCUT2D eigenvalue weighted by atomic mass is 10.1. The lowest BCUT2D eigenvalue weighted by Gasteiger charge is -2.07. The van der Waals surface area contributed by atoms with E-state index >= 15 is 0 Å². The number of carbonyl (C=O) groups is 2. The monoisotopic (exact) mass is 371 g/mol. The highest BCUT2D eigenvalue weighted by Crippen LogP contribution is 2.22. The van der Waals surface area contributed by atoms with E-state index in [2.05, 4.69) is 0 Å². The average molecular weight is 372 g/mol. The summed E-state index contributed by atoms with van der Waals surface area (Å²) >= 11 is 5.71. The molecule has 0 aromatic heterocycles. The van der Waals surface area contributed by atoms with E-state index in [1.165, 1.54) is 24.3 Å². The van der Waals surface area contributed by atoms with Gasteiger partial charge in [0.1, 0.15) is 10.7 Å². The van der Waals surface area contributed by atoms with Crippen LogP contribution >= 0.6 is 11.6 Å². The lowest BCUT2D eigenvalue weighted by molar-refractivity contribution is 0.0474. The summed E-state index contributed by atoms with van der Waals surface area (Å²) in [5.41, 5.74) is 0.0425. The molecule has 0 unspecified atom stereocenters. The minimum absolute atomic E-state index is 0.129. The fourth-order valence-corrected chi connectivity index (χ4v) is 2.85. The summed E-state index contributed by atoms with van der Waals surface area (Å²) in [6.45, 7) is -0.586. The van der Waals surface area contributed by atoms with E-state index in [0.29, 0.717) is 0 Å². The number of benzene rings is 2. The van der Waals surface area contributed by atoms with Gasteiger partial charge in [0.25, 0.3) is 0 Å². The highest BCUT2D eigenvalue weighted by molar-refractivity contribution is 7.89. The van der Waals surface area contributed by atoms with E-state index in [4.69, 9.17) is 21.5 Å². The van der Waals surface area contributed by atoms with E-state index in [9.17, 15) is 22.4 Å². The maximum Gasteiger partial charge on any atom is 0.338 e. The van der Waals surface area contributed by atoms with Crippen molar-refractivity contribution >= 4 is 33.4 Å². The number of Topliss-reactive ketones (excluding diaryl/α,β-unsaturated/α-hetero) is 1.